The molecule has 6 nitrogen and oxygen atoms in total. The lowest BCUT2D eigenvalue weighted by molar-refractivity contribution is 0.144. The van der Waals surface area contributed by atoms with E-state index < -0.39 is 5.82 Å². The molecule has 0 unspecified atom stereocenters. The van der Waals surface area contributed by atoms with Crippen LogP contribution in [0, 0.1) is 23.1 Å². The van der Waals surface area contributed by atoms with E-state index in [1.165, 1.54) is 25.0 Å². The first-order chi connectivity index (χ1) is 17.9. The summed E-state index contributed by atoms with van der Waals surface area (Å²) < 4.78 is 13.5. The Hall–Kier alpha value is -2.66. The summed E-state index contributed by atoms with van der Waals surface area (Å²) in [6, 6.07) is 16.1. The number of aliphatic imine (C=N–C) groups is 1. The number of piperazine rings is 1. The Morgan fingerprint density at radius 2 is 1.78 bits per heavy atom. The largest absolute Gasteiger partial charge is 0.369 e. The van der Waals surface area contributed by atoms with Gasteiger partial charge in [0.15, 0.2) is 5.96 Å². The number of hydrogen-bond donors (Lipinski definition) is 1. The first-order valence-corrected chi connectivity index (χ1v) is 13.7. The molecular weight excluding hydrogens is 487 g/mol. The second-order valence-electron chi connectivity index (χ2n) is 10.2. The molecule has 1 heterocycles. The van der Waals surface area contributed by atoms with Crippen molar-refractivity contribution in [3.8, 4) is 6.07 Å². The number of hydrogen-bond acceptors (Lipinski definition) is 4. The average Bonchev–Trinajstić information content (AvgIpc) is 2.91. The number of nitrogens with zero attached hydrogens (tertiary/aromatic N) is 5. The fourth-order valence-corrected chi connectivity index (χ4v) is 5.01. The zero-order valence-electron chi connectivity index (χ0n) is 22.1. The minimum Gasteiger partial charge on any atom is -0.369 e. The second kappa shape index (κ2) is 14.9. The molecule has 0 amide bonds. The van der Waals surface area contributed by atoms with E-state index in [0.29, 0.717) is 23.3 Å². The molecule has 2 fully saturated rings. The number of nitrogens with two attached hydrogens (primary N) is 1. The van der Waals surface area contributed by atoms with Crippen LogP contribution >= 0.6 is 11.6 Å². The molecule has 2 aromatic carbocycles. The highest BCUT2D eigenvalue weighted by Crippen LogP contribution is 2.28. The molecule has 0 spiro atoms. The van der Waals surface area contributed by atoms with Crippen molar-refractivity contribution < 1.29 is 4.39 Å². The molecule has 200 valence electrons. The highest BCUT2D eigenvalue weighted by molar-refractivity contribution is 6.31. The van der Waals surface area contributed by atoms with Gasteiger partial charge in [0.2, 0.25) is 0 Å². The molecule has 0 aromatic heterocycles. The molecule has 0 atom stereocenters. The third kappa shape index (κ3) is 9.62. The van der Waals surface area contributed by atoms with Gasteiger partial charge in [0.05, 0.1) is 22.3 Å². The predicted octanol–water partition coefficient (Wildman–Crippen LogP) is 5.50. The maximum absolute atomic E-state index is 13.5. The van der Waals surface area contributed by atoms with E-state index in [4.69, 9.17) is 22.6 Å². The maximum atomic E-state index is 13.5. The summed E-state index contributed by atoms with van der Waals surface area (Å²) in [6.07, 6.45) is 5.83. The van der Waals surface area contributed by atoms with E-state index in [2.05, 4.69) is 33.7 Å². The molecule has 1 aliphatic heterocycles. The van der Waals surface area contributed by atoms with Gasteiger partial charge in [0.1, 0.15) is 5.82 Å². The van der Waals surface area contributed by atoms with Crippen molar-refractivity contribution in [2.24, 2.45) is 16.6 Å². The van der Waals surface area contributed by atoms with Crippen LogP contribution in [-0.2, 0) is 0 Å². The summed E-state index contributed by atoms with van der Waals surface area (Å²) in [5, 5.41) is 8.36. The van der Waals surface area contributed by atoms with Gasteiger partial charge in [0.25, 0.3) is 0 Å². The van der Waals surface area contributed by atoms with Gasteiger partial charge in [-0.3, -0.25) is 0 Å². The van der Waals surface area contributed by atoms with Gasteiger partial charge < -0.3 is 20.4 Å². The fraction of sp³-hybridized carbons (Fsp3) is 0.517. The van der Waals surface area contributed by atoms with Crippen LogP contribution in [0.15, 0.2) is 53.5 Å². The van der Waals surface area contributed by atoms with Gasteiger partial charge in [-0.25, -0.2) is 9.38 Å². The Labute approximate surface area is 226 Å². The molecule has 37 heavy (non-hydrogen) atoms. The lowest BCUT2D eigenvalue weighted by Crippen LogP contribution is -2.48. The Morgan fingerprint density at radius 3 is 2.38 bits per heavy atom. The van der Waals surface area contributed by atoms with Gasteiger partial charge in [-0.05, 0) is 81.9 Å². The standard InChI is InChI=1S/C22H35ClFN5.C7H5N/c1-17-4-7-19(8-5-17)29(11-3-10-28-14-12-27(2)13-15-28)22(25)26-18-6-9-21(24)20(23)16-18;8-6-7-4-2-1-3-5-7/h6,9,16-17,19H,3-5,7-8,10-15H2,1-2H3,(H2,25,26);1-5H. The predicted molar refractivity (Wildman–Crippen MR) is 151 cm³/mol. The number of nitriles is 1. The van der Waals surface area contributed by atoms with Crippen LogP contribution in [0.4, 0.5) is 10.1 Å². The molecular formula is C29H40ClFN6. The summed E-state index contributed by atoms with van der Waals surface area (Å²) in [6.45, 7) is 8.85. The Kier molecular flexibility index (Phi) is 11.7. The molecule has 4 rings (SSSR count). The van der Waals surface area contributed by atoms with Crippen molar-refractivity contribution in [1.29, 1.82) is 5.26 Å². The number of halogens is 2. The van der Waals surface area contributed by atoms with Crippen LogP contribution in [0.2, 0.25) is 5.02 Å². The van der Waals surface area contributed by atoms with Crippen molar-refractivity contribution in [1.82, 2.24) is 14.7 Å². The van der Waals surface area contributed by atoms with Crippen molar-refractivity contribution in [3.05, 3.63) is 64.9 Å². The normalized spacial score (nSPS) is 21.0. The third-order valence-corrected chi connectivity index (χ3v) is 7.53. The molecule has 0 bridgehead atoms. The summed E-state index contributed by atoms with van der Waals surface area (Å²) in [7, 11) is 2.18. The minimum atomic E-state index is -0.436. The zero-order chi connectivity index (χ0) is 26.6. The third-order valence-electron chi connectivity index (χ3n) is 7.24. The van der Waals surface area contributed by atoms with Gasteiger partial charge in [-0.15, -0.1) is 0 Å². The van der Waals surface area contributed by atoms with Gasteiger partial charge in [-0.1, -0.05) is 36.7 Å². The van der Waals surface area contributed by atoms with E-state index in [1.54, 1.807) is 18.2 Å². The lowest BCUT2D eigenvalue weighted by atomic mass is 9.86. The van der Waals surface area contributed by atoms with Crippen LogP contribution in [-0.4, -0.2) is 73.0 Å². The molecule has 2 aliphatic rings. The topological polar surface area (TPSA) is 71.9 Å². The summed E-state index contributed by atoms with van der Waals surface area (Å²) in [4.78, 5) is 11.8. The number of benzene rings is 2. The van der Waals surface area contributed by atoms with E-state index in [9.17, 15) is 4.39 Å². The Balaban J connectivity index is 0.000000405. The molecule has 2 aromatic rings. The smallest absolute Gasteiger partial charge is 0.196 e. The molecule has 0 radical (unpaired) electrons. The van der Waals surface area contributed by atoms with Crippen LogP contribution in [0.25, 0.3) is 0 Å². The van der Waals surface area contributed by atoms with Gasteiger partial charge >= 0.3 is 0 Å². The van der Waals surface area contributed by atoms with Crippen molar-refractivity contribution in [2.75, 3.05) is 46.3 Å². The average molecular weight is 527 g/mol. The van der Waals surface area contributed by atoms with Crippen LogP contribution in [0.5, 0.6) is 0 Å². The second-order valence-corrected chi connectivity index (χ2v) is 10.6. The monoisotopic (exact) mass is 526 g/mol. The first kappa shape index (κ1) is 28.9. The fourth-order valence-electron chi connectivity index (χ4n) is 4.84. The van der Waals surface area contributed by atoms with Crippen molar-refractivity contribution >= 4 is 23.2 Å². The van der Waals surface area contributed by atoms with E-state index in [0.717, 1.165) is 64.4 Å². The molecule has 2 N–H and O–H groups in total. The SMILES string of the molecule is CC1CCC(N(CCCN2CCN(C)CC2)C(N)=Nc2ccc(F)c(Cl)c2)CC1.N#Cc1ccccc1. The summed E-state index contributed by atoms with van der Waals surface area (Å²) in [5.41, 5.74) is 7.77. The number of likely N-dealkylation sites (N-methyl/N-ethyl adjacent to an activating group) is 1. The minimum absolute atomic E-state index is 0.0761. The first-order valence-electron chi connectivity index (χ1n) is 13.3. The van der Waals surface area contributed by atoms with E-state index in [1.807, 2.05) is 24.3 Å². The molecule has 8 heteroatoms. The quantitative estimate of drug-likeness (QED) is 0.397. The maximum Gasteiger partial charge on any atom is 0.196 e. The lowest BCUT2D eigenvalue weighted by Gasteiger charge is -2.38. The number of rotatable bonds is 6. The molecule has 1 saturated heterocycles. The number of guanidine groups is 1. The van der Waals surface area contributed by atoms with Gasteiger partial charge in [-0.2, -0.15) is 5.26 Å². The Bertz CT molecular complexity index is 1020. The summed E-state index contributed by atoms with van der Waals surface area (Å²) in [5.74, 6) is 0.868. The highest BCUT2D eigenvalue weighted by Gasteiger charge is 2.25. The van der Waals surface area contributed by atoms with Gasteiger partial charge in [0, 0.05) is 38.8 Å². The van der Waals surface area contributed by atoms with E-state index in [-0.39, 0.29) is 5.02 Å². The van der Waals surface area contributed by atoms with Crippen molar-refractivity contribution in [3.63, 3.8) is 0 Å². The summed E-state index contributed by atoms with van der Waals surface area (Å²) >= 11 is 5.91. The molecule has 1 saturated carbocycles. The van der Waals surface area contributed by atoms with Crippen LogP contribution in [0.1, 0.15) is 44.6 Å². The van der Waals surface area contributed by atoms with Crippen molar-refractivity contribution in [2.45, 2.75) is 45.1 Å². The van der Waals surface area contributed by atoms with Crippen LogP contribution < -0.4 is 5.73 Å². The Morgan fingerprint density at radius 1 is 1.11 bits per heavy atom. The molecule has 1 aliphatic carbocycles. The van der Waals surface area contributed by atoms with E-state index >= 15 is 0 Å². The van der Waals surface area contributed by atoms with Crippen LogP contribution in [0.3, 0.4) is 0 Å². The highest BCUT2D eigenvalue weighted by atomic mass is 35.5. The zero-order valence-corrected chi connectivity index (χ0v) is 22.9.